The van der Waals surface area contributed by atoms with Crippen molar-refractivity contribution >= 4 is 24.3 Å². The minimum absolute atomic E-state index is 0.961. The zero-order chi connectivity index (χ0) is 18.9. The topological polar surface area (TPSA) is 17.8 Å². The number of imidazole rings is 1. The third-order valence-electron chi connectivity index (χ3n) is 5.10. The molecule has 0 atom stereocenters. The Hall–Kier alpha value is -3.59. The molecule has 0 fully saturated rings. The van der Waals surface area contributed by atoms with E-state index >= 15 is 0 Å². The molecule has 0 unspecified atom stereocenters. The van der Waals surface area contributed by atoms with E-state index in [-0.39, 0.29) is 0 Å². The predicted molar refractivity (Wildman–Crippen MR) is 120 cm³/mol. The van der Waals surface area contributed by atoms with Crippen LogP contribution >= 0.6 is 0 Å². The Labute approximate surface area is 165 Å². The lowest BCUT2D eigenvalue weighted by atomic mass is 9.93. The summed E-state index contributed by atoms with van der Waals surface area (Å²) in [4.78, 5) is 4.94. The summed E-state index contributed by atoms with van der Waals surface area (Å²) >= 11 is 0. The molecule has 0 aliphatic carbocycles. The van der Waals surface area contributed by atoms with Crippen molar-refractivity contribution in [1.29, 1.82) is 0 Å². The quantitative estimate of drug-likeness (QED) is 0.431. The molecule has 132 valence electrons. The predicted octanol–water partition coefficient (Wildman–Crippen LogP) is 4.62. The fraction of sp³-hybridized carbons (Fsp3) is 0. The molecule has 0 aliphatic rings. The number of hydrogen-bond acceptors (Lipinski definition) is 1. The van der Waals surface area contributed by atoms with Gasteiger partial charge in [-0.2, -0.15) is 0 Å². The van der Waals surface area contributed by atoms with Gasteiger partial charge >= 0.3 is 0 Å². The van der Waals surface area contributed by atoms with Crippen molar-refractivity contribution in [3.63, 3.8) is 0 Å². The Bertz CT molecular complexity index is 1240. The molecule has 1 aromatic heterocycles. The summed E-state index contributed by atoms with van der Waals surface area (Å²) < 4.78 is 2.23. The smallest absolute Gasteiger partial charge is 0.145 e. The first-order valence-electron chi connectivity index (χ1n) is 9.50. The SMILES string of the molecule is Bc1ccc(-c2ccc(-c3nc4ccccc4n3-c3ccccc3)cc2)cc1. The first-order valence-corrected chi connectivity index (χ1v) is 9.50. The van der Waals surface area contributed by atoms with Gasteiger partial charge in [0.2, 0.25) is 0 Å². The number of hydrogen-bond donors (Lipinski definition) is 0. The second-order valence-corrected chi connectivity index (χ2v) is 7.04. The number of aromatic nitrogens is 2. The van der Waals surface area contributed by atoms with E-state index in [1.54, 1.807) is 0 Å². The lowest BCUT2D eigenvalue weighted by Gasteiger charge is -2.10. The Kier molecular flexibility index (Phi) is 4.06. The van der Waals surface area contributed by atoms with Crippen molar-refractivity contribution in [2.75, 3.05) is 0 Å². The van der Waals surface area contributed by atoms with E-state index in [1.807, 2.05) is 12.1 Å². The Morgan fingerprint density at radius 3 is 1.86 bits per heavy atom. The molecule has 3 heteroatoms. The third kappa shape index (κ3) is 2.91. The molecule has 4 aromatic carbocycles. The molecule has 5 aromatic rings. The molecule has 0 N–H and O–H groups in total. The summed E-state index contributed by atoms with van der Waals surface area (Å²) in [5, 5.41) is 0. The fourth-order valence-corrected chi connectivity index (χ4v) is 3.62. The van der Waals surface area contributed by atoms with Crippen molar-refractivity contribution in [3.8, 4) is 28.2 Å². The largest absolute Gasteiger partial charge is 0.292 e. The molecule has 0 bridgehead atoms. The maximum Gasteiger partial charge on any atom is 0.145 e. The van der Waals surface area contributed by atoms with Crippen molar-refractivity contribution in [3.05, 3.63) is 103 Å². The molecule has 28 heavy (non-hydrogen) atoms. The molecular weight excluding hydrogens is 339 g/mol. The standard InChI is InChI=1S/C25H19BN2/c26-21-16-14-19(15-17-21)18-10-12-20(13-11-18)25-27-23-8-4-5-9-24(23)28(25)22-6-2-1-3-7-22/h1-17H,26H2. The Morgan fingerprint density at radius 1 is 0.571 bits per heavy atom. The van der Waals surface area contributed by atoms with E-state index in [4.69, 9.17) is 4.98 Å². The van der Waals surface area contributed by atoms with Crippen molar-refractivity contribution < 1.29 is 0 Å². The normalized spacial score (nSPS) is 11.0. The number of benzene rings is 4. The van der Waals surface area contributed by atoms with Crippen LogP contribution in [0, 0.1) is 0 Å². The van der Waals surface area contributed by atoms with Crippen LogP contribution in [-0.2, 0) is 0 Å². The van der Waals surface area contributed by atoms with Crippen LogP contribution in [0.15, 0.2) is 103 Å². The second-order valence-electron chi connectivity index (χ2n) is 7.04. The molecule has 0 saturated heterocycles. The molecule has 0 radical (unpaired) electrons. The van der Waals surface area contributed by atoms with E-state index < -0.39 is 0 Å². The van der Waals surface area contributed by atoms with E-state index in [0.717, 1.165) is 28.1 Å². The third-order valence-corrected chi connectivity index (χ3v) is 5.10. The highest BCUT2D eigenvalue weighted by Gasteiger charge is 2.14. The van der Waals surface area contributed by atoms with E-state index in [2.05, 4.69) is 103 Å². The van der Waals surface area contributed by atoms with Gasteiger partial charge in [0.05, 0.1) is 11.0 Å². The average Bonchev–Trinajstić information content (AvgIpc) is 3.15. The van der Waals surface area contributed by atoms with Gasteiger partial charge in [-0.15, -0.1) is 0 Å². The highest BCUT2D eigenvalue weighted by molar-refractivity contribution is 6.32. The maximum absolute atomic E-state index is 4.94. The molecular formula is C25H19BN2. The summed E-state index contributed by atoms with van der Waals surface area (Å²) in [5.74, 6) is 0.961. The van der Waals surface area contributed by atoms with Gasteiger partial charge < -0.3 is 0 Å². The Morgan fingerprint density at radius 2 is 1.14 bits per heavy atom. The molecule has 2 nitrogen and oxygen atoms in total. The molecule has 0 saturated carbocycles. The lowest BCUT2D eigenvalue weighted by Crippen LogP contribution is -1.99. The van der Waals surface area contributed by atoms with Crippen LogP contribution in [0.5, 0.6) is 0 Å². The van der Waals surface area contributed by atoms with Crippen LogP contribution in [0.2, 0.25) is 0 Å². The van der Waals surface area contributed by atoms with Crippen LogP contribution in [-0.4, -0.2) is 17.4 Å². The van der Waals surface area contributed by atoms with Gasteiger partial charge in [-0.1, -0.05) is 84.3 Å². The van der Waals surface area contributed by atoms with Crippen LogP contribution in [0.1, 0.15) is 0 Å². The molecule has 1 heterocycles. The van der Waals surface area contributed by atoms with E-state index in [0.29, 0.717) is 0 Å². The average molecular weight is 358 g/mol. The Balaban J connectivity index is 1.64. The first kappa shape index (κ1) is 16.6. The monoisotopic (exact) mass is 358 g/mol. The van der Waals surface area contributed by atoms with Crippen molar-refractivity contribution in [2.45, 2.75) is 0 Å². The van der Waals surface area contributed by atoms with E-state index in [1.165, 1.54) is 16.6 Å². The number of nitrogens with zero attached hydrogens (tertiary/aromatic N) is 2. The lowest BCUT2D eigenvalue weighted by molar-refractivity contribution is 1.10. The van der Waals surface area contributed by atoms with Gasteiger partial charge in [-0.3, -0.25) is 4.57 Å². The highest BCUT2D eigenvalue weighted by atomic mass is 15.1. The second kappa shape index (κ2) is 6.86. The van der Waals surface area contributed by atoms with E-state index in [9.17, 15) is 0 Å². The van der Waals surface area contributed by atoms with Crippen LogP contribution in [0.4, 0.5) is 0 Å². The number of para-hydroxylation sites is 3. The summed E-state index contributed by atoms with van der Waals surface area (Å²) in [6.45, 7) is 0. The number of rotatable bonds is 3. The van der Waals surface area contributed by atoms with Gasteiger partial charge in [0.1, 0.15) is 13.7 Å². The van der Waals surface area contributed by atoms with Crippen LogP contribution in [0.3, 0.4) is 0 Å². The van der Waals surface area contributed by atoms with Gasteiger partial charge in [-0.25, -0.2) is 4.98 Å². The minimum Gasteiger partial charge on any atom is -0.292 e. The molecule has 5 rings (SSSR count). The van der Waals surface area contributed by atoms with Gasteiger partial charge in [-0.05, 0) is 35.4 Å². The van der Waals surface area contributed by atoms with Crippen molar-refractivity contribution in [1.82, 2.24) is 9.55 Å². The minimum atomic E-state index is 0.961. The fourth-order valence-electron chi connectivity index (χ4n) is 3.62. The molecule has 0 aliphatic heterocycles. The number of fused-ring (bicyclic) bond motifs is 1. The maximum atomic E-state index is 4.94. The van der Waals surface area contributed by atoms with Crippen molar-refractivity contribution in [2.24, 2.45) is 0 Å². The first-order chi connectivity index (χ1) is 13.8. The van der Waals surface area contributed by atoms with Gasteiger partial charge in [0.25, 0.3) is 0 Å². The van der Waals surface area contributed by atoms with Crippen LogP contribution in [0.25, 0.3) is 39.2 Å². The molecule has 0 spiro atoms. The summed E-state index contributed by atoms with van der Waals surface area (Å²) in [6.07, 6.45) is 0. The zero-order valence-electron chi connectivity index (χ0n) is 15.7. The molecule has 0 amide bonds. The summed E-state index contributed by atoms with van der Waals surface area (Å²) in [6, 6.07) is 36.0. The zero-order valence-corrected chi connectivity index (χ0v) is 15.7. The van der Waals surface area contributed by atoms with Gasteiger partial charge in [0.15, 0.2) is 0 Å². The summed E-state index contributed by atoms with van der Waals surface area (Å²) in [7, 11) is 2.11. The highest BCUT2D eigenvalue weighted by Crippen LogP contribution is 2.30. The summed E-state index contributed by atoms with van der Waals surface area (Å²) in [5.41, 5.74) is 8.07. The van der Waals surface area contributed by atoms with Crippen LogP contribution < -0.4 is 5.46 Å². The van der Waals surface area contributed by atoms with Gasteiger partial charge in [0, 0.05) is 11.3 Å².